The fourth-order valence-electron chi connectivity index (χ4n) is 2.15. The van der Waals surface area contributed by atoms with Crippen molar-refractivity contribution in [2.45, 2.75) is 23.9 Å². The highest BCUT2D eigenvalue weighted by atomic mass is 32.2. The Morgan fingerprint density at radius 1 is 1.33 bits per heavy atom. The van der Waals surface area contributed by atoms with Crippen LogP contribution in [0.5, 0.6) is 11.5 Å². The zero-order chi connectivity index (χ0) is 14.2. The predicted molar refractivity (Wildman–Crippen MR) is 76.0 cm³/mol. The van der Waals surface area contributed by atoms with E-state index in [1.807, 2.05) is 0 Å². The van der Waals surface area contributed by atoms with Gasteiger partial charge in [-0.15, -0.1) is 5.10 Å². The van der Waals surface area contributed by atoms with Crippen LogP contribution in [-0.4, -0.2) is 33.5 Å². The molecule has 6 nitrogen and oxygen atoms in total. The molecule has 2 aromatic rings. The summed E-state index contributed by atoms with van der Waals surface area (Å²) in [5.41, 5.74) is 0.615. The first-order valence-electron chi connectivity index (χ1n) is 6.77. The summed E-state index contributed by atoms with van der Waals surface area (Å²) in [4.78, 5) is 16.6. The Balaban J connectivity index is 1.40. The number of H-pyrrole nitrogens is 1. The molecule has 0 amide bonds. The third kappa shape index (κ3) is 2.61. The van der Waals surface area contributed by atoms with Crippen LogP contribution in [0, 0.1) is 0 Å². The second-order valence-electron chi connectivity index (χ2n) is 5.06. The Morgan fingerprint density at radius 3 is 3.05 bits per heavy atom. The number of thioether (sulfide) groups is 1. The summed E-state index contributed by atoms with van der Waals surface area (Å²) in [5.74, 6) is 3.12. The molecule has 4 rings (SSSR count). The molecular weight excluding hydrogens is 290 g/mol. The van der Waals surface area contributed by atoms with Gasteiger partial charge in [-0.2, -0.15) is 0 Å². The number of hydrogen-bond donors (Lipinski definition) is 1. The van der Waals surface area contributed by atoms with Gasteiger partial charge in [-0.1, -0.05) is 11.8 Å². The van der Waals surface area contributed by atoms with Crippen molar-refractivity contribution in [1.82, 2.24) is 15.2 Å². The zero-order valence-electron chi connectivity index (χ0n) is 11.2. The highest BCUT2D eigenvalue weighted by Crippen LogP contribution is 2.38. The number of aromatic nitrogens is 3. The number of nitrogens with zero attached hydrogens (tertiary/aromatic N) is 2. The Morgan fingerprint density at radius 2 is 2.19 bits per heavy atom. The van der Waals surface area contributed by atoms with Crippen LogP contribution in [0.3, 0.4) is 0 Å². The van der Waals surface area contributed by atoms with E-state index >= 15 is 0 Å². The summed E-state index contributed by atoms with van der Waals surface area (Å²) in [7, 11) is 0. The van der Waals surface area contributed by atoms with Gasteiger partial charge in [-0.05, 0) is 31.0 Å². The van der Waals surface area contributed by atoms with Crippen molar-refractivity contribution in [3.05, 3.63) is 29.6 Å². The number of Topliss-reactive ketones (excluding diaryl/α,β-unsaturated/α-hetero) is 1. The van der Waals surface area contributed by atoms with Crippen molar-refractivity contribution in [2.24, 2.45) is 0 Å². The highest BCUT2D eigenvalue weighted by Gasteiger charge is 2.27. The number of rotatable bonds is 5. The standard InChI is InChI=1S/C14H13N3O3S/c18-10(9-3-4-11-12(5-9)20-7-19-11)6-21-14-15-13(16-17-14)8-1-2-8/h3-5,8H,1-2,6-7H2,(H,15,16,17). The SMILES string of the molecule is O=C(CSc1n[nH]c(C2CC2)n1)c1ccc2c(c1)OCO2. The molecule has 1 aliphatic carbocycles. The third-order valence-electron chi connectivity index (χ3n) is 3.47. The maximum absolute atomic E-state index is 12.2. The molecule has 0 unspecified atom stereocenters. The van der Waals surface area contributed by atoms with E-state index in [0.29, 0.717) is 33.9 Å². The van der Waals surface area contributed by atoms with Crippen LogP contribution in [0.4, 0.5) is 0 Å². The lowest BCUT2D eigenvalue weighted by Crippen LogP contribution is -2.02. The van der Waals surface area contributed by atoms with Gasteiger partial charge in [0.25, 0.3) is 0 Å². The van der Waals surface area contributed by atoms with Gasteiger partial charge >= 0.3 is 0 Å². The van der Waals surface area contributed by atoms with Crippen LogP contribution < -0.4 is 9.47 Å². The minimum absolute atomic E-state index is 0.0241. The lowest BCUT2D eigenvalue weighted by atomic mass is 10.1. The van der Waals surface area contributed by atoms with E-state index in [2.05, 4.69) is 15.2 Å². The second kappa shape index (κ2) is 5.07. The maximum Gasteiger partial charge on any atom is 0.231 e. The number of nitrogens with one attached hydrogen (secondary N) is 1. The van der Waals surface area contributed by atoms with E-state index in [4.69, 9.17) is 9.47 Å². The van der Waals surface area contributed by atoms with Gasteiger partial charge in [0.1, 0.15) is 5.82 Å². The topological polar surface area (TPSA) is 77.1 Å². The predicted octanol–water partition coefficient (Wildman–Crippen LogP) is 2.39. The first-order chi connectivity index (χ1) is 10.3. The summed E-state index contributed by atoms with van der Waals surface area (Å²) >= 11 is 1.35. The van der Waals surface area contributed by atoms with Crippen molar-refractivity contribution >= 4 is 17.5 Å². The second-order valence-corrected chi connectivity index (χ2v) is 6.00. The maximum atomic E-state index is 12.2. The molecule has 0 bridgehead atoms. The monoisotopic (exact) mass is 303 g/mol. The van der Waals surface area contributed by atoms with Crippen LogP contribution in [0.15, 0.2) is 23.4 Å². The van der Waals surface area contributed by atoms with Crippen molar-refractivity contribution < 1.29 is 14.3 Å². The first kappa shape index (κ1) is 12.7. The summed E-state index contributed by atoms with van der Waals surface area (Å²) < 4.78 is 10.5. The van der Waals surface area contributed by atoms with Crippen molar-refractivity contribution in [3.8, 4) is 11.5 Å². The molecular formula is C14H13N3O3S. The molecule has 1 aromatic heterocycles. The minimum atomic E-state index is 0.0241. The Kier molecular flexibility index (Phi) is 3.07. The number of ether oxygens (including phenoxy) is 2. The normalized spacial score (nSPS) is 16.2. The molecule has 1 saturated carbocycles. The Hall–Kier alpha value is -2.02. The van der Waals surface area contributed by atoms with Gasteiger partial charge in [0.15, 0.2) is 17.3 Å². The van der Waals surface area contributed by atoms with Gasteiger partial charge in [-0.3, -0.25) is 9.89 Å². The van der Waals surface area contributed by atoms with Crippen molar-refractivity contribution in [2.75, 3.05) is 12.5 Å². The lowest BCUT2D eigenvalue weighted by molar-refractivity contribution is 0.102. The van der Waals surface area contributed by atoms with Gasteiger partial charge in [0, 0.05) is 11.5 Å². The quantitative estimate of drug-likeness (QED) is 0.675. The van der Waals surface area contributed by atoms with Crippen LogP contribution in [0.25, 0.3) is 0 Å². The molecule has 0 saturated heterocycles. The number of aromatic amines is 1. The van der Waals surface area contributed by atoms with Crippen LogP contribution >= 0.6 is 11.8 Å². The molecule has 1 aromatic carbocycles. The van der Waals surface area contributed by atoms with E-state index in [0.717, 1.165) is 5.82 Å². The average Bonchev–Trinajstić information content (AvgIpc) is 3.07. The molecule has 1 N–H and O–H groups in total. The summed E-state index contributed by atoms with van der Waals surface area (Å²) in [5, 5.41) is 7.70. The molecule has 1 fully saturated rings. The van der Waals surface area contributed by atoms with E-state index in [1.165, 1.54) is 24.6 Å². The number of benzene rings is 1. The molecule has 2 aliphatic rings. The zero-order valence-corrected chi connectivity index (χ0v) is 12.0. The number of carbonyl (C=O) groups excluding carboxylic acids is 1. The smallest absolute Gasteiger partial charge is 0.231 e. The van der Waals surface area contributed by atoms with E-state index in [-0.39, 0.29) is 12.6 Å². The third-order valence-corrected chi connectivity index (χ3v) is 4.32. The Bertz CT molecular complexity index is 697. The highest BCUT2D eigenvalue weighted by molar-refractivity contribution is 7.99. The Labute approximate surface area is 125 Å². The molecule has 1 aliphatic heterocycles. The van der Waals surface area contributed by atoms with Gasteiger partial charge in [0.2, 0.25) is 11.9 Å². The number of fused-ring (bicyclic) bond motifs is 1. The van der Waals surface area contributed by atoms with Gasteiger partial charge in [0.05, 0.1) is 5.75 Å². The number of carbonyl (C=O) groups is 1. The van der Waals surface area contributed by atoms with Gasteiger partial charge < -0.3 is 9.47 Å². The van der Waals surface area contributed by atoms with Gasteiger partial charge in [-0.25, -0.2) is 4.98 Å². The minimum Gasteiger partial charge on any atom is -0.454 e. The van der Waals surface area contributed by atoms with Crippen LogP contribution in [0.1, 0.15) is 34.9 Å². The molecule has 0 spiro atoms. The number of hydrogen-bond acceptors (Lipinski definition) is 6. The molecule has 21 heavy (non-hydrogen) atoms. The molecule has 7 heteroatoms. The van der Waals surface area contributed by atoms with Crippen LogP contribution in [-0.2, 0) is 0 Å². The molecule has 2 heterocycles. The summed E-state index contributed by atoms with van der Waals surface area (Å²) in [6.45, 7) is 0.211. The number of ketones is 1. The summed E-state index contributed by atoms with van der Waals surface area (Å²) in [6.07, 6.45) is 2.35. The van der Waals surface area contributed by atoms with E-state index in [9.17, 15) is 4.79 Å². The largest absolute Gasteiger partial charge is 0.454 e. The first-order valence-corrected chi connectivity index (χ1v) is 7.76. The molecule has 0 atom stereocenters. The summed E-state index contributed by atoms with van der Waals surface area (Å²) in [6, 6.07) is 5.24. The lowest BCUT2D eigenvalue weighted by Gasteiger charge is -2.01. The average molecular weight is 303 g/mol. The van der Waals surface area contributed by atoms with E-state index in [1.54, 1.807) is 18.2 Å². The van der Waals surface area contributed by atoms with E-state index < -0.39 is 0 Å². The van der Waals surface area contributed by atoms with Crippen molar-refractivity contribution in [3.63, 3.8) is 0 Å². The van der Waals surface area contributed by atoms with Crippen LogP contribution in [0.2, 0.25) is 0 Å². The fraction of sp³-hybridized carbons (Fsp3) is 0.357. The molecule has 0 radical (unpaired) electrons. The van der Waals surface area contributed by atoms with Crippen molar-refractivity contribution in [1.29, 1.82) is 0 Å². The fourth-order valence-corrected chi connectivity index (χ4v) is 2.85. The molecule has 108 valence electrons.